The van der Waals surface area contributed by atoms with Crippen LogP contribution >= 0.6 is 27.5 Å². The van der Waals surface area contributed by atoms with Crippen molar-refractivity contribution < 1.29 is 14.4 Å². The first kappa shape index (κ1) is 18.8. The number of amides is 2. The van der Waals surface area contributed by atoms with Crippen LogP contribution in [-0.2, 0) is 14.4 Å². The van der Waals surface area contributed by atoms with E-state index in [-0.39, 0.29) is 11.5 Å². The number of hydrazone groups is 1. The van der Waals surface area contributed by atoms with Crippen molar-refractivity contribution in [2.24, 2.45) is 11.0 Å². The Hall–Kier alpha value is -2.51. The molecule has 2 aromatic carbocycles. The smallest absolute Gasteiger partial charge is 0.259 e. The molecule has 0 aromatic heterocycles. The Bertz CT molecular complexity index is 1050. The normalized spacial score (nSPS) is 21.2. The molecule has 0 unspecified atom stereocenters. The molecule has 2 aliphatic heterocycles. The van der Waals surface area contributed by atoms with Gasteiger partial charge in [0.05, 0.1) is 11.4 Å². The van der Waals surface area contributed by atoms with E-state index in [1.54, 1.807) is 42.5 Å². The van der Waals surface area contributed by atoms with Crippen molar-refractivity contribution in [1.29, 1.82) is 0 Å². The molecule has 0 spiro atoms. The average molecular weight is 461 g/mol. The van der Waals surface area contributed by atoms with Gasteiger partial charge >= 0.3 is 0 Å². The number of imide groups is 1. The molecule has 28 heavy (non-hydrogen) atoms. The number of ketones is 1. The molecule has 1 fully saturated rings. The number of rotatable bonds is 3. The predicted octanol–water partition coefficient (Wildman–Crippen LogP) is 3.73. The fourth-order valence-electron chi connectivity index (χ4n) is 3.59. The van der Waals surface area contributed by atoms with Crippen LogP contribution < -0.4 is 9.91 Å². The lowest BCUT2D eigenvalue weighted by atomic mass is 9.95. The molecule has 0 saturated carbocycles. The monoisotopic (exact) mass is 459 g/mol. The molecule has 2 amide bonds. The Kier molecular flexibility index (Phi) is 4.59. The summed E-state index contributed by atoms with van der Waals surface area (Å²) in [7, 11) is 0. The van der Waals surface area contributed by atoms with E-state index in [2.05, 4.69) is 21.0 Å². The molecular formula is C20H15BrClN3O3. The minimum atomic E-state index is -0.938. The molecule has 0 N–H and O–H groups in total. The SMILES string of the molecule is CC(=O)C1=NN(c2cccc(Cl)c2C)[C@H]2C(=O)N(c3ccc(Br)cc3)C(=O)[C@H]12. The fourth-order valence-corrected chi connectivity index (χ4v) is 4.03. The van der Waals surface area contributed by atoms with Gasteiger partial charge in [0, 0.05) is 16.4 Å². The zero-order chi connectivity index (χ0) is 20.2. The number of Topliss-reactive ketones (excluding diaryl/α,β-unsaturated/α-hetero) is 1. The highest BCUT2D eigenvalue weighted by molar-refractivity contribution is 9.10. The number of hydrogen-bond acceptors (Lipinski definition) is 5. The number of hydrogen-bond donors (Lipinski definition) is 0. The highest BCUT2D eigenvalue weighted by Crippen LogP contribution is 2.40. The molecule has 2 aromatic rings. The summed E-state index contributed by atoms with van der Waals surface area (Å²) in [5.41, 5.74) is 1.86. The third kappa shape index (κ3) is 2.77. The molecule has 142 valence electrons. The van der Waals surface area contributed by atoms with Crippen molar-refractivity contribution >= 4 is 62.2 Å². The summed E-state index contributed by atoms with van der Waals surface area (Å²) in [5, 5.41) is 6.33. The van der Waals surface area contributed by atoms with Gasteiger partial charge in [-0.3, -0.25) is 19.4 Å². The van der Waals surface area contributed by atoms with Crippen LogP contribution in [0.25, 0.3) is 0 Å². The van der Waals surface area contributed by atoms with Gasteiger partial charge in [0.25, 0.3) is 5.91 Å². The number of halogens is 2. The summed E-state index contributed by atoms with van der Waals surface area (Å²) in [5.74, 6) is -2.15. The number of carbonyl (C=O) groups excluding carboxylic acids is 3. The minimum Gasteiger partial charge on any atom is -0.293 e. The molecule has 2 aliphatic rings. The van der Waals surface area contributed by atoms with Crippen molar-refractivity contribution in [3.05, 3.63) is 57.5 Å². The van der Waals surface area contributed by atoms with Crippen molar-refractivity contribution in [3.8, 4) is 0 Å². The summed E-state index contributed by atoms with van der Waals surface area (Å²) in [4.78, 5) is 39.7. The molecule has 2 atom stereocenters. The van der Waals surface area contributed by atoms with Crippen LogP contribution in [0.4, 0.5) is 11.4 Å². The maximum absolute atomic E-state index is 13.3. The molecule has 8 heteroatoms. The zero-order valence-corrected chi connectivity index (χ0v) is 17.4. The highest BCUT2D eigenvalue weighted by atomic mass is 79.9. The molecule has 6 nitrogen and oxygen atoms in total. The lowest BCUT2D eigenvalue weighted by molar-refractivity contribution is -0.122. The molecule has 0 bridgehead atoms. The topological polar surface area (TPSA) is 70.1 Å². The third-order valence-corrected chi connectivity index (χ3v) is 5.92. The Morgan fingerprint density at radius 1 is 1.11 bits per heavy atom. The van der Waals surface area contributed by atoms with Crippen LogP contribution in [0.15, 0.2) is 52.0 Å². The Morgan fingerprint density at radius 2 is 1.79 bits per heavy atom. The third-order valence-electron chi connectivity index (χ3n) is 4.98. The van der Waals surface area contributed by atoms with E-state index in [4.69, 9.17) is 11.6 Å². The van der Waals surface area contributed by atoms with E-state index in [0.29, 0.717) is 16.4 Å². The Labute approximate surface area is 174 Å². The van der Waals surface area contributed by atoms with Crippen LogP contribution in [0.1, 0.15) is 12.5 Å². The van der Waals surface area contributed by atoms with Crippen molar-refractivity contribution in [2.45, 2.75) is 19.9 Å². The van der Waals surface area contributed by atoms with E-state index < -0.39 is 23.8 Å². The summed E-state index contributed by atoms with van der Waals surface area (Å²) >= 11 is 9.57. The summed E-state index contributed by atoms with van der Waals surface area (Å²) in [6, 6.07) is 11.2. The summed E-state index contributed by atoms with van der Waals surface area (Å²) < 4.78 is 0.831. The van der Waals surface area contributed by atoms with E-state index in [1.807, 2.05) is 6.92 Å². The number of benzene rings is 2. The second-order valence-corrected chi connectivity index (χ2v) is 8.00. The van der Waals surface area contributed by atoms with Gasteiger partial charge in [-0.15, -0.1) is 0 Å². The van der Waals surface area contributed by atoms with Gasteiger partial charge in [0.1, 0.15) is 17.7 Å². The van der Waals surface area contributed by atoms with Gasteiger partial charge in [-0.2, -0.15) is 5.10 Å². The van der Waals surface area contributed by atoms with Crippen molar-refractivity contribution in [2.75, 3.05) is 9.91 Å². The van der Waals surface area contributed by atoms with Gasteiger partial charge in [-0.1, -0.05) is 33.6 Å². The first-order chi connectivity index (χ1) is 13.3. The number of nitrogens with zero attached hydrogens (tertiary/aromatic N) is 3. The number of anilines is 2. The molecule has 0 aliphatic carbocycles. The van der Waals surface area contributed by atoms with Gasteiger partial charge < -0.3 is 0 Å². The van der Waals surface area contributed by atoms with E-state index >= 15 is 0 Å². The van der Waals surface area contributed by atoms with Gasteiger partial charge in [0.2, 0.25) is 5.91 Å². The predicted molar refractivity (Wildman–Crippen MR) is 111 cm³/mol. The lowest BCUT2D eigenvalue weighted by Gasteiger charge is -2.24. The molecule has 1 saturated heterocycles. The number of fused-ring (bicyclic) bond motifs is 1. The van der Waals surface area contributed by atoms with Gasteiger partial charge in [-0.25, -0.2) is 4.90 Å². The molecular weight excluding hydrogens is 446 g/mol. The summed E-state index contributed by atoms with van der Waals surface area (Å²) in [6.45, 7) is 3.16. The van der Waals surface area contributed by atoms with Gasteiger partial charge in [-0.05, 0) is 48.9 Å². The van der Waals surface area contributed by atoms with Crippen LogP contribution in [0.3, 0.4) is 0 Å². The molecule has 0 radical (unpaired) electrons. The molecule has 4 rings (SSSR count). The highest BCUT2D eigenvalue weighted by Gasteiger charge is 2.58. The second kappa shape index (κ2) is 6.83. The summed E-state index contributed by atoms with van der Waals surface area (Å²) in [6.07, 6.45) is 0. The van der Waals surface area contributed by atoms with Crippen LogP contribution in [0.5, 0.6) is 0 Å². The Morgan fingerprint density at radius 3 is 2.43 bits per heavy atom. The van der Waals surface area contributed by atoms with Crippen LogP contribution in [0, 0.1) is 12.8 Å². The maximum atomic E-state index is 13.3. The average Bonchev–Trinajstić information content (AvgIpc) is 3.16. The Balaban J connectivity index is 1.83. The van der Waals surface area contributed by atoms with E-state index in [9.17, 15) is 14.4 Å². The molecule has 2 heterocycles. The van der Waals surface area contributed by atoms with Gasteiger partial charge in [0.15, 0.2) is 5.78 Å². The first-order valence-corrected chi connectivity index (χ1v) is 9.75. The van der Waals surface area contributed by atoms with Crippen molar-refractivity contribution in [1.82, 2.24) is 0 Å². The largest absolute Gasteiger partial charge is 0.293 e. The van der Waals surface area contributed by atoms with Crippen LogP contribution in [-0.4, -0.2) is 29.4 Å². The zero-order valence-electron chi connectivity index (χ0n) is 15.0. The standard InChI is InChI=1S/C20H15BrClN3O3/c1-10-14(22)4-3-5-15(10)25-18-16(17(23-25)11(2)26)19(27)24(20(18)28)13-8-6-12(21)7-9-13/h3-9,16,18H,1-2H3/t16-,18-/m1/s1. The van der Waals surface area contributed by atoms with E-state index in [1.165, 1.54) is 11.9 Å². The fraction of sp³-hybridized carbons (Fsp3) is 0.200. The van der Waals surface area contributed by atoms with Crippen LogP contribution in [0.2, 0.25) is 5.02 Å². The quantitative estimate of drug-likeness (QED) is 0.655. The number of carbonyl (C=O) groups is 3. The van der Waals surface area contributed by atoms with Crippen molar-refractivity contribution in [3.63, 3.8) is 0 Å². The lowest BCUT2D eigenvalue weighted by Crippen LogP contribution is -2.39. The van der Waals surface area contributed by atoms with E-state index in [0.717, 1.165) is 14.9 Å². The first-order valence-electron chi connectivity index (χ1n) is 8.58. The maximum Gasteiger partial charge on any atom is 0.259 e. The minimum absolute atomic E-state index is 0.0855. The second-order valence-electron chi connectivity index (χ2n) is 6.68.